The fourth-order valence-electron chi connectivity index (χ4n) is 4.07. The Kier molecular flexibility index (Phi) is 8.02. The van der Waals surface area contributed by atoms with Crippen LogP contribution in [0, 0.1) is 6.92 Å². The molecule has 1 aliphatic heterocycles. The van der Waals surface area contributed by atoms with E-state index in [1.807, 2.05) is 0 Å². The molecule has 14 nitrogen and oxygen atoms in total. The molecule has 3 aromatic rings. The molecule has 2 aromatic heterocycles. The Labute approximate surface area is 218 Å². The van der Waals surface area contributed by atoms with Crippen molar-refractivity contribution in [3.8, 4) is 5.75 Å². The van der Waals surface area contributed by atoms with Crippen LogP contribution < -0.4 is 15.3 Å². The van der Waals surface area contributed by atoms with Crippen molar-refractivity contribution < 1.29 is 38.1 Å². The first kappa shape index (κ1) is 27.9. The highest BCUT2D eigenvalue weighted by molar-refractivity contribution is 7.52. The predicted molar refractivity (Wildman–Crippen MR) is 135 cm³/mol. The molecule has 15 heteroatoms. The van der Waals surface area contributed by atoms with Gasteiger partial charge in [-0.05, 0) is 39.8 Å². The summed E-state index contributed by atoms with van der Waals surface area (Å²) in [7, 11) is -4.21. The van der Waals surface area contributed by atoms with Crippen molar-refractivity contribution >= 4 is 30.8 Å². The SMILES string of the molecule is CCOC(=O)[C@H](C)NP(=O)(OC[C@H]1O[C@@H](n2cnc3c(C)nc(N)nc32)[C@](C)(O)[C@@H]1O)Oc1ccccc1. The average molecular weight is 551 g/mol. The summed E-state index contributed by atoms with van der Waals surface area (Å²) in [4.78, 5) is 24.7. The van der Waals surface area contributed by atoms with Crippen LogP contribution in [0.2, 0.25) is 0 Å². The number of aliphatic hydroxyl groups is 2. The van der Waals surface area contributed by atoms with Gasteiger partial charge in [0.15, 0.2) is 11.9 Å². The normalized spacial score (nSPS) is 25.7. The molecular formula is C23H31N6O8P. The molecule has 0 spiro atoms. The molecule has 0 aliphatic carbocycles. The first-order chi connectivity index (χ1) is 17.9. The summed E-state index contributed by atoms with van der Waals surface area (Å²) < 4.78 is 37.3. The van der Waals surface area contributed by atoms with Gasteiger partial charge in [-0.25, -0.2) is 14.5 Å². The summed E-state index contributed by atoms with van der Waals surface area (Å²) in [6.45, 7) is 5.85. The zero-order valence-electron chi connectivity index (χ0n) is 21.3. The van der Waals surface area contributed by atoms with Gasteiger partial charge >= 0.3 is 13.7 Å². The molecule has 0 radical (unpaired) electrons. The van der Waals surface area contributed by atoms with E-state index in [1.165, 1.54) is 24.7 Å². The molecule has 3 heterocycles. The highest BCUT2D eigenvalue weighted by Gasteiger charge is 2.54. The number of nitrogen functional groups attached to an aromatic ring is 1. The third-order valence-electron chi connectivity index (χ3n) is 5.99. The summed E-state index contributed by atoms with van der Waals surface area (Å²) in [5, 5.41) is 24.6. The van der Waals surface area contributed by atoms with E-state index >= 15 is 0 Å². The lowest BCUT2D eigenvalue weighted by atomic mass is 9.96. The zero-order chi connectivity index (χ0) is 27.7. The number of nitrogens with one attached hydrogen (secondary N) is 1. The van der Waals surface area contributed by atoms with Crippen LogP contribution in [0.15, 0.2) is 36.7 Å². The molecule has 206 valence electrons. The Morgan fingerprint density at radius 1 is 1.34 bits per heavy atom. The highest BCUT2D eigenvalue weighted by Crippen LogP contribution is 2.47. The molecule has 1 aromatic carbocycles. The van der Waals surface area contributed by atoms with Crippen molar-refractivity contribution in [1.82, 2.24) is 24.6 Å². The van der Waals surface area contributed by atoms with E-state index in [9.17, 15) is 19.6 Å². The van der Waals surface area contributed by atoms with Crippen LogP contribution >= 0.6 is 7.75 Å². The second-order valence-corrected chi connectivity index (χ2v) is 10.7. The lowest BCUT2D eigenvalue weighted by molar-refractivity contribution is -0.144. The molecule has 0 saturated carbocycles. The second-order valence-electron chi connectivity index (χ2n) is 8.99. The number of rotatable bonds is 10. The minimum absolute atomic E-state index is 0.00983. The van der Waals surface area contributed by atoms with E-state index in [-0.39, 0.29) is 18.3 Å². The minimum Gasteiger partial charge on any atom is -0.465 e. The fraction of sp³-hybridized carbons (Fsp3) is 0.478. The van der Waals surface area contributed by atoms with Gasteiger partial charge in [-0.3, -0.25) is 13.9 Å². The number of anilines is 1. The van der Waals surface area contributed by atoms with Crippen molar-refractivity contribution in [2.45, 2.75) is 57.8 Å². The Balaban J connectivity index is 1.56. The third-order valence-corrected chi connectivity index (χ3v) is 7.63. The smallest absolute Gasteiger partial charge is 0.459 e. The number of carbonyl (C=O) groups is 1. The lowest BCUT2D eigenvalue weighted by Gasteiger charge is -2.27. The summed E-state index contributed by atoms with van der Waals surface area (Å²) in [6.07, 6.45) is -2.38. The van der Waals surface area contributed by atoms with E-state index in [2.05, 4.69) is 20.0 Å². The van der Waals surface area contributed by atoms with E-state index in [0.717, 1.165) is 0 Å². The molecule has 0 bridgehead atoms. The number of carbonyl (C=O) groups excluding carboxylic acids is 1. The molecule has 1 unspecified atom stereocenters. The van der Waals surface area contributed by atoms with E-state index in [4.69, 9.17) is 24.3 Å². The number of fused-ring (bicyclic) bond motifs is 1. The fourth-order valence-corrected chi connectivity index (χ4v) is 5.57. The molecule has 0 amide bonds. The number of nitrogens with zero attached hydrogens (tertiary/aromatic N) is 4. The van der Waals surface area contributed by atoms with Crippen molar-refractivity contribution in [3.63, 3.8) is 0 Å². The number of nitrogens with two attached hydrogens (primary N) is 1. The predicted octanol–water partition coefficient (Wildman–Crippen LogP) is 1.47. The number of aromatic nitrogens is 4. The minimum atomic E-state index is -4.21. The summed E-state index contributed by atoms with van der Waals surface area (Å²) in [6, 6.07) is 7.18. The first-order valence-electron chi connectivity index (χ1n) is 11.9. The Hall–Kier alpha value is -3.13. The number of imidazole rings is 1. The first-order valence-corrected chi connectivity index (χ1v) is 13.5. The van der Waals surface area contributed by atoms with Crippen molar-refractivity contribution in [3.05, 3.63) is 42.4 Å². The van der Waals surface area contributed by atoms with Crippen molar-refractivity contribution in [1.29, 1.82) is 0 Å². The number of aryl methyl sites for hydroxylation is 1. The number of para-hydroxylation sites is 1. The van der Waals surface area contributed by atoms with Crippen LogP contribution in [0.3, 0.4) is 0 Å². The molecule has 1 aliphatic rings. The lowest BCUT2D eigenvalue weighted by Crippen LogP contribution is -2.44. The monoisotopic (exact) mass is 550 g/mol. The van der Waals surface area contributed by atoms with Gasteiger partial charge in [-0.2, -0.15) is 10.1 Å². The van der Waals surface area contributed by atoms with Gasteiger partial charge in [-0.15, -0.1) is 0 Å². The maximum absolute atomic E-state index is 13.7. The maximum atomic E-state index is 13.7. The van der Waals surface area contributed by atoms with Crippen molar-refractivity contribution in [2.75, 3.05) is 18.9 Å². The van der Waals surface area contributed by atoms with Crippen LogP contribution in [-0.2, 0) is 23.4 Å². The quantitative estimate of drug-likeness (QED) is 0.210. The van der Waals surface area contributed by atoms with Gasteiger partial charge in [0.05, 0.1) is 25.2 Å². The molecule has 1 fully saturated rings. The Morgan fingerprint density at radius 3 is 2.74 bits per heavy atom. The number of hydrogen-bond acceptors (Lipinski definition) is 12. The molecule has 6 atom stereocenters. The van der Waals surface area contributed by atoms with Crippen LogP contribution in [-0.4, -0.2) is 72.8 Å². The van der Waals surface area contributed by atoms with Crippen molar-refractivity contribution in [2.24, 2.45) is 0 Å². The zero-order valence-corrected chi connectivity index (χ0v) is 22.2. The number of aliphatic hydroxyl groups excluding tert-OH is 1. The van der Waals surface area contributed by atoms with Crippen LogP contribution in [0.5, 0.6) is 5.75 Å². The Bertz CT molecular complexity index is 1340. The van der Waals surface area contributed by atoms with Crippen LogP contribution in [0.25, 0.3) is 11.2 Å². The maximum Gasteiger partial charge on any atom is 0.459 e. The number of benzene rings is 1. The highest BCUT2D eigenvalue weighted by atomic mass is 31.2. The largest absolute Gasteiger partial charge is 0.465 e. The van der Waals surface area contributed by atoms with Gasteiger partial charge < -0.3 is 29.9 Å². The van der Waals surface area contributed by atoms with E-state index < -0.39 is 50.4 Å². The van der Waals surface area contributed by atoms with E-state index in [0.29, 0.717) is 16.9 Å². The molecule has 38 heavy (non-hydrogen) atoms. The number of esters is 1. The average Bonchev–Trinajstić information content (AvgIpc) is 3.37. The van der Waals surface area contributed by atoms with E-state index in [1.54, 1.807) is 44.2 Å². The van der Waals surface area contributed by atoms with Gasteiger partial charge in [-0.1, -0.05) is 18.2 Å². The van der Waals surface area contributed by atoms with Gasteiger partial charge in [0.25, 0.3) is 0 Å². The molecule has 5 N–H and O–H groups in total. The van der Waals surface area contributed by atoms with Crippen LogP contribution in [0.1, 0.15) is 32.7 Å². The second kappa shape index (κ2) is 10.9. The van der Waals surface area contributed by atoms with Crippen LogP contribution in [0.4, 0.5) is 5.95 Å². The summed E-state index contributed by atoms with van der Waals surface area (Å²) >= 11 is 0. The number of ether oxygens (including phenoxy) is 2. The Morgan fingerprint density at radius 2 is 2.05 bits per heavy atom. The summed E-state index contributed by atoms with van der Waals surface area (Å²) in [5.74, 6) is -0.429. The van der Waals surface area contributed by atoms with Gasteiger partial charge in [0.1, 0.15) is 35.1 Å². The number of hydrogen-bond donors (Lipinski definition) is 4. The topological polar surface area (TPSA) is 193 Å². The third kappa shape index (κ3) is 5.65. The van der Waals surface area contributed by atoms with Gasteiger partial charge in [0, 0.05) is 0 Å². The summed E-state index contributed by atoms with van der Waals surface area (Å²) in [5.41, 5.74) is 5.25. The van der Waals surface area contributed by atoms with Gasteiger partial charge in [0.2, 0.25) is 5.95 Å². The molecule has 4 rings (SSSR count). The molecular weight excluding hydrogens is 519 g/mol. The molecule has 1 saturated heterocycles. The standard InChI is InChI=1S/C23H31N6O8P/c1-5-34-20(31)14(3)28-38(33,37-15-9-7-6-8-10-15)35-11-16-18(30)23(4,32)21(36-16)29-12-25-17-13(2)26-22(24)27-19(17)29/h6-10,12,14,16,18,21,30,32H,5,11H2,1-4H3,(H,28,33)(H2,24,26,27)/t14-,16+,18+,21+,23+,38?/m0/s1.